The molecule has 3 N–H and O–H groups in total. The Morgan fingerprint density at radius 1 is 1.14 bits per heavy atom. The number of rotatable bonds is 3. The van der Waals surface area contributed by atoms with E-state index in [-0.39, 0.29) is 9.79 Å². The number of nitrogens with one attached hydrogen (secondary N) is 1. The normalized spacial score (nSPS) is 11.9. The maximum Gasteiger partial charge on any atom is 0.253 e. The predicted octanol–water partition coefficient (Wildman–Crippen LogP) is -1.19. The Labute approximate surface area is 82.7 Å². The summed E-state index contributed by atoms with van der Waals surface area (Å²) in [6.07, 6.45) is 0. The lowest BCUT2D eigenvalue weighted by atomic mass is 10.4. The van der Waals surface area contributed by atoms with E-state index in [0.29, 0.717) is 0 Å². The van der Waals surface area contributed by atoms with Crippen molar-refractivity contribution in [1.29, 1.82) is 0 Å². The first kappa shape index (κ1) is 11.1. The monoisotopic (exact) mass is 236 g/mol. The lowest BCUT2D eigenvalue weighted by Crippen LogP contribution is -2.30. The van der Waals surface area contributed by atoms with Gasteiger partial charge in [0.1, 0.15) is 0 Å². The van der Waals surface area contributed by atoms with Gasteiger partial charge in [-0.15, -0.1) is 0 Å². The molecule has 14 heavy (non-hydrogen) atoms. The van der Waals surface area contributed by atoms with Crippen molar-refractivity contribution < 1.29 is 16.8 Å². The summed E-state index contributed by atoms with van der Waals surface area (Å²) in [4.78, 5) is 1.60. The fourth-order valence-corrected chi connectivity index (χ4v) is 1.84. The molecule has 8 heteroatoms. The molecule has 0 atom stereocenters. The van der Waals surface area contributed by atoms with E-state index in [4.69, 9.17) is 5.84 Å². The number of benzene rings is 1. The van der Waals surface area contributed by atoms with Crippen LogP contribution in [0.1, 0.15) is 0 Å². The molecule has 1 rings (SSSR count). The molecule has 0 aliphatic rings. The highest BCUT2D eigenvalue weighted by atomic mass is 32.2. The summed E-state index contributed by atoms with van der Waals surface area (Å²) < 4.78 is 43.1. The molecule has 0 fully saturated rings. The molecule has 1 aromatic rings. The van der Waals surface area contributed by atoms with Gasteiger partial charge in [-0.1, -0.05) is 0 Å². The van der Waals surface area contributed by atoms with Crippen LogP contribution in [0, 0.1) is 0 Å². The van der Waals surface area contributed by atoms with Crippen LogP contribution in [0.3, 0.4) is 0 Å². The lowest BCUT2D eigenvalue weighted by Gasteiger charge is -2.00. The zero-order valence-corrected chi connectivity index (χ0v) is 8.59. The van der Waals surface area contributed by atoms with Crippen LogP contribution in [-0.2, 0) is 20.7 Å². The van der Waals surface area contributed by atoms with Crippen molar-refractivity contribution in [3.63, 3.8) is 0 Å². The van der Waals surface area contributed by atoms with E-state index in [2.05, 4.69) is 0 Å². The Morgan fingerprint density at radius 3 is 2.00 bits per heavy atom. The highest BCUT2D eigenvalue weighted by Crippen LogP contribution is 2.10. The molecule has 0 aliphatic heterocycles. The first-order valence-electron chi connectivity index (χ1n) is 3.44. The molecule has 1 aromatic carbocycles. The third-order valence-corrected chi connectivity index (χ3v) is 3.44. The quantitative estimate of drug-likeness (QED) is 0.347. The number of hydrogen-bond donors (Lipinski definition) is 3. The molecular weight excluding hydrogens is 228 g/mol. The molecule has 0 aromatic heterocycles. The molecule has 0 heterocycles. The van der Waals surface area contributed by atoms with Gasteiger partial charge in [0.25, 0.3) is 10.0 Å². The second-order valence-electron chi connectivity index (χ2n) is 2.37. The Balaban J connectivity index is 3.19. The van der Waals surface area contributed by atoms with E-state index >= 15 is 0 Å². The van der Waals surface area contributed by atoms with Crippen molar-refractivity contribution in [3.05, 3.63) is 24.3 Å². The molecule has 0 radical (unpaired) electrons. The van der Waals surface area contributed by atoms with Crippen LogP contribution in [0.4, 0.5) is 0 Å². The van der Waals surface area contributed by atoms with Gasteiger partial charge in [0.15, 0.2) is 10.7 Å². The topological polar surface area (TPSA) is 106 Å². The third kappa shape index (κ3) is 2.29. The van der Waals surface area contributed by atoms with Crippen LogP contribution in [-0.4, -0.2) is 16.8 Å². The number of hydrogen-bond acceptors (Lipinski definition) is 5. The first-order valence-corrected chi connectivity index (χ1v) is 6.10. The van der Waals surface area contributed by atoms with Gasteiger partial charge < -0.3 is 0 Å². The van der Waals surface area contributed by atoms with Gasteiger partial charge in [-0.25, -0.2) is 16.8 Å². The van der Waals surface area contributed by atoms with Crippen molar-refractivity contribution in [2.45, 2.75) is 9.79 Å². The van der Waals surface area contributed by atoms with E-state index in [1.54, 1.807) is 4.83 Å². The fraction of sp³-hybridized carbons (Fsp3) is 0. The van der Waals surface area contributed by atoms with Gasteiger partial charge >= 0.3 is 0 Å². The number of hydrazine groups is 1. The van der Waals surface area contributed by atoms with Gasteiger partial charge in [0, 0.05) is 0 Å². The fourth-order valence-electron chi connectivity index (χ4n) is 0.815. The van der Waals surface area contributed by atoms with Crippen LogP contribution < -0.4 is 10.7 Å². The lowest BCUT2D eigenvalue weighted by molar-refractivity contribution is 0.583. The Morgan fingerprint density at radius 2 is 1.64 bits per heavy atom. The highest BCUT2D eigenvalue weighted by Gasteiger charge is 2.10. The highest BCUT2D eigenvalue weighted by molar-refractivity contribution is 7.89. The number of nitrogens with two attached hydrogens (primary N) is 1. The molecule has 0 bridgehead atoms. The smallest absolute Gasteiger partial charge is 0.253 e. The van der Waals surface area contributed by atoms with Gasteiger partial charge in [-0.2, -0.15) is 4.83 Å². The van der Waals surface area contributed by atoms with Crippen molar-refractivity contribution in [2.75, 3.05) is 0 Å². The minimum Gasteiger partial charge on any atom is -0.257 e. The van der Waals surface area contributed by atoms with Crippen LogP contribution in [0.2, 0.25) is 0 Å². The molecule has 0 aliphatic carbocycles. The molecular formula is C6H8N2O4S2. The average molecular weight is 236 g/mol. The third-order valence-electron chi connectivity index (χ3n) is 1.51. The van der Waals surface area contributed by atoms with Crippen molar-refractivity contribution >= 4 is 20.7 Å². The van der Waals surface area contributed by atoms with Gasteiger partial charge in [0.05, 0.1) is 9.79 Å². The van der Waals surface area contributed by atoms with E-state index in [1.807, 2.05) is 0 Å². The van der Waals surface area contributed by atoms with Gasteiger partial charge in [-0.05, 0) is 24.3 Å². The largest absolute Gasteiger partial charge is 0.257 e. The minimum atomic E-state index is -3.71. The summed E-state index contributed by atoms with van der Waals surface area (Å²) in [6, 6.07) is 4.71. The minimum absolute atomic E-state index is 0.0518. The summed E-state index contributed by atoms with van der Waals surface area (Å²) in [5.74, 6) is 4.78. The second kappa shape index (κ2) is 4.05. The molecule has 0 unspecified atom stereocenters. The molecule has 0 spiro atoms. The van der Waals surface area contributed by atoms with Crippen LogP contribution in [0.15, 0.2) is 34.1 Å². The first-order chi connectivity index (χ1) is 6.47. The number of thiol groups is 1. The van der Waals surface area contributed by atoms with E-state index < -0.39 is 20.7 Å². The summed E-state index contributed by atoms with van der Waals surface area (Å²) in [7, 11) is -6.40. The summed E-state index contributed by atoms with van der Waals surface area (Å²) in [5.41, 5.74) is 0. The Hall–Kier alpha value is -0.960. The predicted molar refractivity (Wildman–Crippen MR) is 49.5 cm³/mol. The van der Waals surface area contributed by atoms with E-state index in [1.165, 1.54) is 12.1 Å². The van der Waals surface area contributed by atoms with Crippen molar-refractivity contribution in [1.82, 2.24) is 4.83 Å². The summed E-state index contributed by atoms with van der Waals surface area (Å²) >= 11 is 0. The van der Waals surface area contributed by atoms with Crippen molar-refractivity contribution in [2.24, 2.45) is 5.84 Å². The van der Waals surface area contributed by atoms with Crippen molar-refractivity contribution in [3.8, 4) is 0 Å². The molecule has 0 amide bonds. The van der Waals surface area contributed by atoms with Crippen LogP contribution in [0.5, 0.6) is 0 Å². The van der Waals surface area contributed by atoms with E-state index in [9.17, 15) is 16.8 Å². The zero-order chi connectivity index (χ0) is 10.8. The average Bonchev–Trinajstić information content (AvgIpc) is 2.18. The Kier molecular flexibility index (Phi) is 3.21. The molecule has 0 saturated heterocycles. The number of sulfonamides is 1. The second-order valence-corrected chi connectivity index (χ2v) is 5.12. The SMILES string of the molecule is NNS(=O)(=O)c1ccc([SH](=O)=O)cc1. The Bertz CT molecular complexity index is 481. The van der Waals surface area contributed by atoms with Crippen LogP contribution in [0.25, 0.3) is 0 Å². The van der Waals surface area contributed by atoms with E-state index in [0.717, 1.165) is 12.1 Å². The maximum atomic E-state index is 11.1. The molecule has 78 valence electrons. The van der Waals surface area contributed by atoms with Crippen LogP contribution >= 0.6 is 0 Å². The zero-order valence-electron chi connectivity index (χ0n) is 6.88. The standard InChI is InChI=1S/C6H8N2O4S2/c7-8-14(11,12)6-3-1-5(2-4-6)13(9)10/h1-4,8,13H,7H2. The summed E-state index contributed by atoms with van der Waals surface area (Å²) in [5, 5.41) is 0. The van der Waals surface area contributed by atoms with Gasteiger partial charge in [-0.3, -0.25) is 5.84 Å². The summed E-state index contributed by atoms with van der Waals surface area (Å²) in [6.45, 7) is 0. The van der Waals surface area contributed by atoms with Gasteiger partial charge in [0.2, 0.25) is 0 Å². The molecule has 0 saturated carbocycles. The maximum absolute atomic E-state index is 11.1. The molecule has 6 nitrogen and oxygen atoms in total.